The fraction of sp³-hybridized carbons (Fsp3) is 0.429. The van der Waals surface area contributed by atoms with Crippen LogP contribution in [0.5, 0.6) is 0 Å². The molecule has 110 valence electrons. The fourth-order valence-corrected chi connectivity index (χ4v) is 3.15. The molecule has 0 amide bonds. The molecule has 1 aliphatic carbocycles. The van der Waals surface area contributed by atoms with Crippen molar-refractivity contribution in [2.24, 2.45) is 0 Å². The third kappa shape index (κ3) is 1.96. The predicted molar refractivity (Wildman–Crippen MR) is 91.2 cm³/mol. The first-order valence-electron chi connectivity index (χ1n) is 10.9. The Morgan fingerprint density at radius 3 is 1.76 bits per heavy atom. The second kappa shape index (κ2) is 4.47. The van der Waals surface area contributed by atoms with E-state index in [1.807, 2.05) is 41.5 Å². The van der Waals surface area contributed by atoms with Gasteiger partial charge in [0.05, 0.1) is 9.60 Å². The van der Waals surface area contributed by atoms with Crippen LogP contribution in [0.4, 0.5) is 0 Å². The lowest BCUT2D eigenvalue weighted by molar-refractivity contribution is 0.519. The van der Waals surface area contributed by atoms with E-state index in [2.05, 4.69) is 0 Å². The molecule has 3 rings (SSSR count). The zero-order chi connectivity index (χ0) is 21.5. The van der Waals surface area contributed by atoms with E-state index in [1.54, 1.807) is 0 Å². The van der Waals surface area contributed by atoms with Gasteiger partial charge >= 0.3 is 0 Å². The lowest BCUT2D eigenvalue weighted by Crippen LogP contribution is -2.36. The van der Waals surface area contributed by atoms with Gasteiger partial charge in [-0.05, 0) is 33.7 Å². The van der Waals surface area contributed by atoms with E-state index < -0.39 is 10.8 Å². The molecular weight excluding hydrogens is 252 g/mol. The molecule has 0 nitrogen and oxygen atoms in total. The normalized spacial score (nSPS) is 22.9. The van der Waals surface area contributed by atoms with Crippen molar-refractivity contribution in [2.75, 3.05) is 0 Å². The molecule has 0 saturated heterocycles. The van der Waals surface area contributed by atoms with E-state index in [0.29, 0.717) is 27.8 Å². The summed E-state index contributed by atoms with van der Waals surface area (Å²) < 4.78 is 59.5. The van der Waals surface area contributed by atoms with Gasteiger partial charge in [-0.3, -0.25) is 0 Å². The topological polar surface area (TPSA) is 0 Å². The molecule has 21 heavy (non-hydrogen) atoms. The summed E-state index contributed by atoms with van der Waals surface area (Å²) in [4.78, 5) is 0. The highest BCUT2D eigenvalue weighted by molar-refractivity contribution is 5.59. The summed E-state index contributed by atoms with van der Waals surface area (Å²) in [7, 11) is 0. The highest BCUT2D eigenvalue weighted by atomic mass is 14.4. The third-order valence-electron chi connectivity index (χ3n) is 4.60. The van der Waals surface area contributed by atoms with Crippen LogP contribution in [-0.4, -0.2) is 0 Å². The molecule has 2 aromatic carbocycles. The Kier molecular flexibility index (Phi) is 1.74. The van der Waals surface area contributed by atoms with Crippen LogP contribution in [0, 0.1) is 0 Å². The summed E-state index contributed by atoms with van der Waals surface area (Å²) in [6.07, 6.45) is 0. The summed E-state index contributed by atoms with van der Waals surface area (Å²) in [5.74, 6) is -0.0979. The van der Waals surface area contributed by atoms with Gasteiger partial charge in [-0.25, -0.2) is 0 Å². The van der Waals surface area contributed by atoms with Crippen molar-refractivity contribution in [3.8, 4) is 0 Å². The van der Waals surface area contributed by atoms with Crippen LogP contribution in [0.2, 0.25) is 0 Å². The second-order valence-corrected chi connectivity index (χ2v) is 7.19. The van der Waals surface area contributed by atoms with E-state index >= 15 is 0 Å². The van der Waals surface area contributed by atoms with Crippen molar-refractivity contribution in [1.82, 2.24) is 0 Å². The third-order valence-corrected chi connectivity index (χ3v) is 4.60. The average molecular weight is 285 g/mol. The van der Waals surface area contributed by atoms with Gasteiger partial charge in [0.25, 0.3) is 0 Å². The van der Waals surface area contributed by atoms with Gasteiger partial charge in [0.1, 0.15) is 0 Å². The molecule has 0 heteroatoms. The van der Waals surface area contributed by atoms with Gasteiger partial charge < -0.3 is 0 Å². The van der Waals surface area contributed by atoms with Gasteiger partial charge in [-0.1, -0.05) is 83.8 Å². The lowest BCUT2D eigenvalue weighted by atomic mass is 9.59. The van der Waals surface area contributed by atoms with Crippen molar-refractivity contribution in [3.63, 3.8) is 0 Å². The van der Waals surface area contributed by atoms with E-state index in [-0.39, 0.29) is 48.2 Å². The average Bonchev–Trinajstić information content (AvgIpc) is 2.56. The summed E-state index contributed by atoms with van der Waals surface area (Å²) in [5.41, 5.74) is 0.762. The van der Waals surface area contributed by atoms with Gasteiger partial charge in [0.15, 0.2) is 0 Å². The predicted octanol–water partition coefficient (Wildman–Crippen LogP) is 5.78. The molecule has 0 bridgehead atoms. The van der Waals surface area contributed by atoms with E-state index in [9.17, 15) is 0 Å². The Balaban J connectivity index is 2.63. The first-order valence-corrected chi connectivity index (χ1v) is 7.44. The fourth-order valence-electron chi connectivity index (χ4n) is 3.15. The number of rotatable bonds is 1. The van der Waals surface area contributed by atoms with Gasteiger partial charge in [0.2, 0.25) is 0 Å². The Morgan fingerprint density at radius 2 is 1.24 bits per heavy atom. The molecule has 0 saturated carbocycles. The quantitative estimate of drug-likeness (QED) is 0.623. The monoisotopic (exact) mass is 285 g/mol. The Morgan fingerprint density at radius 1 is 0.762 bits per heavy atom. The standard InChI is InChI=1S/C21H26/c1-14(2)15-11-12-18-19(13-15)21(5,6)17-10-8-7-9-16(17)20(18,3)4/h7-14H,1-6H3/i7D,8D,9D,10D,11D,12D,13D. The smallest absolute Gasteiger partial charge is 0.0619 e. The molecule has 0 radical (unpaired) electrons. The first-order chi connectivity index (χ1) is 12.7. The summed E-state index contributed by atoms with van der Waals surface area (Å²) in [5, 5.41) is 0. The maximum atomic E-state index is 8.89. The number of benzene rings is 2. The van der Waals surface area contributed by atoms with Crippen molar-refractivity contribution in [1.29, 1.82) is 0 Å². The largest absolute Gasteiger partial charge is 0.0629 e. The number of hydrogen-bond acceptors (Lipinski definition) is 0. The minimum absolute atomic E-state index is 0.0342. The minimum atomic E-state index is -0.922. The van der Waals surface area contributed by atoms with Crippen LogP contribution >= 0.6 is 0 Å². The highest BCUT2D eigenvalue weighted by Crippen LogP contribution is 2.49. The first kappa shape index (κ1) is 8.17. The van der Waals surface area contributed by atoms with Crippen LogP contribution in [-0.2, 0) is 10.8 Å². The number of fused-ring (bicyclic) bond motifs is 2. The van der Waals surface area contributed by atoms with Crippen molar-refractivity contribution >= 4 is 0 Å². The molecular formula is C21H26. The summed E-state index contributed by atoms with van der Waals surface area (Å²) in [6, 6.07) is -0.481. The van der Waals surface area contributed by atoms with Crippen LogP contribution in [0.3, 0.4) is 0 Å². The Labute approximate surface area is 139 Å². The molecule has 2 aromatic rings. The van der Waals surface area contributed by atoms with Crippen molar-refractivity contribution in [3.05, 3.63) is 70.1 Å². The van der Waals surface area contributed by atoms with E-state index in [0.717, 1.165) is 0 Å². The van der Waals surface area contributed by atoms with Gasteiger partial charge in [-0.2, -0.15) is 0 Å². The Hall–Kier alpha value is -1.56. The van der Waals surface area contributed by atoms with Crippen molar-refractivity contribution < 1.29 is 9.60 Å². The van der Waals surface area contributed by atoms with E-state index in [4.69, 9.17) is 9.60 Å². The zero-order valence-electron chi connectivity index (χ0n) is 20.6. The lowest BCUT2D eigenvalue weighted by Gasteiger charge is -2.44. The molecule has 0 atom stereocenters. The summed E-state index contributed by atoms with van der Waals surface area (Å²) in [6.45, 7) is 11.2. The van der Waals surface area contributed by atoms with Gasteiger partial charge in [0, 0.05) is 10.8 Å². The SMILES string of the molecule is [2H]c1c([2H])c([2H])c2c(c1[2H])C(C)(C)c1c([2H])c([2H])c(C(C)C)c([2H])c1C2(C)C. The van der Waals surface area contributed by atoms with Crippen molar-refractivity contribution in [2.45, 2.75) is 58.3 Å². The van der Waals surface area contributed by atoms with Crippen LogP contribution in [0.25, 0.3) is 0 Å². The molecule has 0 heterocycles. The maximum Gasteiger partial charge on any atom is 0.0629 e. The van der Waals surface area contributed by atoms with Crippen LogP contribution in [0.1, 0.15) is 84.9 Å². The highest BCUT2D eigenvalue weighted by Gasteiger charge is 2.41. The van der Waals surface area contributed by atoms with Crippen LogP contribution in [0.15, 0.2) is 42.3 Å². The molecule has 0 fully saturated rings. The van der Waals surface area contributed by atoms with E-state index in [1.165, 1.54) is 0 Å². The minimum Gasteiger partial charge on any atom is -0.0619 e. The zero-order valence-corrected chi connectivity index (χ0v) is 13.6. The second-order valence-electron chi connectivity index (χ2n) is 7.19. The molecule has 0 aromatic heterocycles. The maximum absolute atomic E-state index is 8.89. The molecule has 0 aliphatic heterocycles. The van der Waals surface area contributed by atoms with Gasteiger partial charge in [-0.15, -0.1) is 0 Å². The van der Waals surface area contributed by atoms with Crippen LogP contribution < -0.4 is 0 Å². The molecule has 0 spiro atoms. The molecule has 1 aliphatic rings. The molecule has 0 N–H and O–H groups in total. The Bertz CT molecular complexity index is 1020. The summed E-state index contributed by atoms with van der Waals surface area (Å²) >= 11 is 0. The molecule has 0 unspecified atom stereocenters. The number of hydrogen-bond donors (Lipinski definition) is 0.